The Morgan fingerprint density at radius 3 is 2.59 bits per heavy atom. The monoisotopic (exact) mass is 402 g/mol. The molecule has 0 spiro atoms. The van der Waals surface area contributed by atoms with Gasteiger partial charge in [-0.05, 0) is 42.5 Å². The zero-order valence-corrected chi connectivity index (χ0v) is 17.3. The van der Waals surface area contributed by atoms with E-state index in [-0.39, 0.29) is 25.0 Å². The number of nitrogens with one attached hydrogen (secondary N) is 1. The van der Waals surface area contributed by atoms with Crippen LogP contribution in [-0.2, 0) is 19.1 Å². The molecule has 0 aromatic heterocycles. The van der Waals surface area contributed by atoms with Crippen molar-refractivity contribution in [2.75, 3.05) is 25.6 Å². The molecule has 7 heteroatoms. The standard InChI is InChI=1S/C22H30N2O5/c1-14-5-4-6-19(15(14)2)24-12-16(11-21(24)26)22(27)29-13-20(25)23-17-7-9-18(28-3)10-8-17/h7-10,14-16,19H,4-6,11-13H2,1-3H3,(H,23,25)/t14-,15+,16+,19-/m0/s1. The zero-order valence-electron chi connectivity index (χ0n) is 17.3. The first-order chi connectivity index (χ1) is 13.9. The molecule has 2 fully saturated rings. The molecular formula is C22H30N2O5. The third-order valence-electron chi connectivity index (χ3n) is 6.28. The van der Waals surface area contributed by atoms with Crippen LogP contribution in [-0.4, -0.2) is 49.0 Å². The molecule has 1 aliphatic carbocycles. The maximum absolute atomic E-state index is 12.5. The third kappa shape index (κ3) is 5.08. The number of methoxy groups -OCH3 is 1. The Bertz CT molecular complexity index is 748. The molecule has 2 amide bonds. The van der Waals surface area contributed by atoms with Gasteiger partial charge in [-0.3, -0.25) is 14.4 Å². The molecule has 3 rings (SSSR count). The van der Waals surface area contributed by atoms with Gasteiger partial charge in [0.1, 0.15) is 5.75 Å². The molecule has 0 radical (unpaired) electrons. The number of hydrogen-bond donors (Lipinski definition) is 1. The molecule has 1 saturated carbocycles. The van der Waals surface area contributed by atoms with Gasteiger partial charge < -0.3 is 19.7 Å². The van der Waals surface area contributed by atoms with Crippen LogP contribution in [0.5, 0.6) is 5.75 Å². The number of esters is 1. The topological polar surface area (TPSA) is 84.9 Å². The quantitative estimate of drug-likeness (QED) is 0.740. The van der Waals surface area contributed by atoms with Crippen molar-refractivity contribution < 1.29 is 23.9 Å². The highest BCUT2D eigenvalue weighted by Gasteiger charge is 2.42. The number of amides is 2. The van der Waals surface area contributed by atoms with Gasteiger partial charge >= 0.3 is 5.97 Å². The maximum Gasteiger partial charge on any atom is 0.311 e. The fourth-order valence-electron chi connectivity index (χ4n) is 4.33. The molecule has 0 bridgehead atoms. The van der Waals surface area contributed by atoms with E-state index in [0.29, 0.717) is 29.8 Å². The molecule has 2 aliphatic rings. The number of carbonyl (C=O) groups excluding carboxylic acids is 3. The molecule has 0 unspecified atom stereocenters. The number of nitrogens with zero attached hydrogens (tertiary/aromatic N) is 1. The van der Waals surface area contributed by atoms with Crippen LogP contribution in [0.1, 0.15) is 39.5 Å². The molecule has 1 N–H and O–H groups in total. The van der Waals surface area contributed by atoms with Crippen LogP contribution in [0.25, 0.3) is 0 Å². The number of rotatable bonds is 6. The number of benzene rings is 1. The second kappa shape index (κ2) is 9.29. The molecule has 1 aromatic rings. The third-order valence-corrected chi connectivity index (χ3v) is 6.28. The van der Waals surface area contributed by atoms with Gasteiger partial charge in [0.15, 0.2) is 6.61 Å². The summed E-state index contributed by atoms with van der Waals surface area (Å²) < 4.78 is 10.3. The maximum atomic E-state index is 12.5. The van der Waals surface area contributed by atoms with Crippen LogP contribution >= 0.6 is 0 Å². The lowest BCUT2D eigenvalue weighted by molar-refractivity contribution is -0.151. The lowest BCUT2D eigenvalue weighted by Crippen LogP contribution is -2.45. The molecule has 29 heavy (non-hydrogen) atoms. The Hall–Kier alpha value is -2.57. The van der Waals surface area contributed by atoms with Gasteiger partial charge in [-0.2, -0.15) is 0 Å². The molecule has 1 heterocycles. The summed E-state index contributed by atoms with van der Waals surface area (Å²) in [6, 6.07) is 7.07. The smallest absolute Gasteiger partial charge is 0.311 e. The van der Waals surface area contributed by atoms with E-state index in [9.17, 15) is 14.4 Å². The van der Waals surface area contributed by atoms with E-state index in [1.165, 1.54) is 6.42 Å². The number of ether oxygens (including phenoxy) is 2. The van der Waals surface area contributed by atoms with E-state index in [1.807, 2.05) is 4.90 Å². The minimum Gasteiger partial charge on any atom is -0.497 e. The van der Waals surface area contributed by atoms with Gasteiger partial charge in [0.2, 0.25) is 5.91 Å². The number of anilines is 1. The molecule has 4 atom stereocenters. The Labute approximate surface area is 171 Å². The summed E-state index contributed by atoms with van der Waals surface area (Å²) in [5.74, 6) is 0.307. The SMILES string of the molecule is COc1ccc(NC(=O)COC(=O)[C@@H]2CC(=O)N([C@H]3CCC[C@H](C)[C@H]3C)C2)cc1. The molecular weight excluding hydrogens is 372 g/mol. The predicted molar refractivity (Wildman–Crippen MR) is 108 cm³/mol. The van der Waals surface area contributed by atoms with Crippen molar-refractivity contribution in [3.05, 3.63) is 24.3 Å². The lowest BCUT2D eigenvalue weighted by Gasteiger charge is -2.39. The first-order valence-electron chi connectivity index (χ1n) is 10.3. The Kier molecular flexibility index (Phi) is 6.77. The lowest BCUT2D eigenvalue weighted by atomic mass is 9.77. The van der Waals surface area contributed by atoms with Crippen LogP contribution in [0.4, 0.5) is 5.69 Å². The summed E-state index contributed by atoms with van der Waals surface area (Å²) in [7, 11) is 1.57. The van der Waals surface area contributed by atoms with Gasteiger partial charge in [-0.25, -0.2) is 0 Å². The highest BCUT2D eigenvalue weighted by atomic mass is 16.5. The second-order valence-electron chi connectivity index (χ2n) is 8.17. The largest absolute Gasteiger partial charge is 0.497 e. The van der Waals surface area contributed by atoms with Gasteiger partial charge in [0, 0.05) is 24.7 Å². The Morgan fingerprint density at radius 1 is 1.17 bits per heavy atom. The van der Waals surface area contributed by atoms with E-state index in [1.54, 1.807) is 31.4 Å². The average molecular weight is 402 g/mol. The number of carbonyl (C=O) groups is 3. The van der Waals surface area contributed by atoms with E-state index in [2.05, 4.69) is 19.2 Å². The van der Waals surface area contributed by atoms with Crippen molar-refractivity contribution in [2.24, 2.45) is 17.8 Å². The zero-order chi connectivity index (χ0) is 21.0. The van der Waals surface area contributed by atoms with Crippen LogP contribution in [0.3, 0.4) is 0 Å². The van der Waals surface area contributed by atoms with E-state index < -0.39 is 17.8 Å². The van der Waals surface area contributed by atoms with Crippen molar-refractivity contribution in [3.8, 4) is 5.75 Å². The molecule has 158 valence electrons. The van der Waals surface area contributed by atoms with Crippen molar-refractivity contribution in [1.82, 2.24) is 4.90 Å². The van der Waals surface area contributed by atoms with Crippen molar-refractivity contribution in [3.63, 3.8) is 0 Å². The van der Waals surface area contributed by atoms with Gasteiger partial charge in [0.05, 0.1) is 13.0 Å². The molecule has 1 saturated heterocycles. The van der Waals surface area contributed by atoms with E-state index in [4.69, 9.17) is 9.47 Å². The second-order valence-corrected chi connectivity index (χ2v) is 8.17. The van der Waals surface area contributed by atoms with Gasteiger partial charge in [0.25, 0.3) is 5.91 Å². The highest BCUT2D eigenvalue weighted by molar-refractivity contribution is 5.93. The van der Waals surface area contributed by atoms with Crippen molar-refractivity contribution in [2.45, 2.75) is 45.6 Å². The molecule has 1 aromatic carbocycles. The first kappa shape index (κ1) is 21.1. The Balaban J connectivity index is 1.48. The summed E-state index contributed by atoms with van der Waals surface area (Å²) in [6.07, 6.45) is 3.45. The summed E-state index contributed by atoms with van der Waals surface area (Å²) in [4.78, 5) is 38.8. The van der Waals surface area contributed by atoms with Gasteiger partial charge in [-0.1, -0.05) is 26.7 Å². The van der Waals surface area contributed by atoms with Gasteiger partial charge in [-0.15, -0.1) is 0 Å². The first-order valence-corrected chi connectivity index (χ1v) is 10.3. The van der Waals surface area contributed by atoms with Crippen LogP contribution in [0, 0.1) is 17.8 Å². The number of hydrogen-bond acceptors (Lipinski definition) is 5. The minimum atomic E-state index is -0.499. The minimum absolute atomic E-state index is 0.0144. The summed E-state index contributed by atoms with van der Waals surface area (Å²) >= 11 is 0. The predicted octanol–water partition coefficient (Wildman–Crippen LogP) is 2.85. The van der Waals surface area contributed by atoms with Crippen LogP contribution in [0.15, 0.2) is 24.3 Å². The Morgan fingerprint density at radius 2 is 1.90 bits per heavy atom. The van der Waals surface area contributed by atoms with E-state index >= 15 is 0 Å². The highest BCUT2D eigenvalue weighted by Crippen LogP contribution is 2.35. The summed E-state index contributed by atoms with van der Waals surface area (Å²) in [5.41, 5.74) is 0.592. The normalized spacial score (nSPS) is 26.9. The summed E-state index contributed by atoms with van der Waals surface area (Å²) in [6.45, 7) is 4.44. The van der Waals surface area contributed by atoms with Crippen molar-refractivity contribution in [1.29, 1.82) is 0 Å². The number of likely N-dealkylation sites (tertiary alicyclic amines) is 1. The summed E-state index contributed by atoms with van der Waals surface area (Å²) in [5, 5.41) is 2.67. The molecule has 1 aliphatic heterocycles. The van der Waals surface area contributed by atoms with E-state index in [0.717, 1.165) is 12.8 Å². The fourth-order valence-corrected chi connectivity index (χ4v) is 4.33. The van der Waals surface area contributed by atoms with Crippen LogP contribution in [0.2, 0.25) is 0 Å². The average Bonchev–Trinajstić information content (AvgIpc) is 3.10. The molecule has 7 nitrogen and oxygen atoms in total. The van der Waals surface area contributed by atoms with Crippen molar-refractivity contribution >= 4 is 23.5 Å². The van der Waals surface area contributed by atoms with Crippen LogP contribution < -0.4 is 10.1 Å². The fraction of sp³-hybridized carbons (Fsp3) is 0.591.